The van der Waals surface area contributed by atoms with Crippen LogP contribution >= 0.6 is 0 Å². The second-order valence-electron chi connectivity index (χ2n) is 6.44. The molecule has 0 rings (SSSR count). The molecule has 0 heterocycles. The molecule has 0 N–H and O–H groups in total. The number of rotatable bonds is 6. The second-order valence-corrected chi connectivity index (χ2v) is 6.44. The molecule has 0 amide bonds. The van der Waals surface area contributed by atoms with E-state index in [4.69, 9.17) is 0 Å². The van der Waals surface area contributed by atoms with E-state index in [1.807, 2.05) is 33.8 Å². The fraction of sp³-hybridized carbons (Fsp3) is 0.706. The SMILES string of the molecule is CCCCC(C)/C=C(C)/C=C(\C)C(=O)C(C)(C)C. The monoisotopic (exact) mass is 250 g/mol. The standard InChI is InChI=1S/C17H30O/c1-8-9-10-13(2)11-14(3)12-15(4)16(18)17(5,6)7/h11-13H,8-10H2,1-7H3/b14-11+,15-12+. The van der Waals surface area contributed by atoms with Gasteiger partial charge >= 0.3 is 0 Å². The van der Waals surface area contributed by atoms with Gasteiger partial charge in [-0.05, 0) is 31.8 Å². The highest BCUT2D eigenvalue weighted by Gasteiger charge is 2.22. The Morgan fingerprint density at radius 3 is 2.22 bits per heavy atom. The van der Waals surface area contributed by atoms with Crippen molar-refractivity contribution in [1.29, 1.82) is 0 Å². The van der Waals surface area contributed by atoms with Crippen LogP contribution in [0.25, 0.3) is 0 Å². The Labute approximate surface area is 113 Å². The Hall–Kier alpha value is -0.850. The van der Waals surface area contributed by atoms with Crippen LogP contribution < -0.4 is 0 Å². The molecule has 0 aromatic carbocycles. The summed E-state index contributed by atoms with van der Waals surface area (Å²) >= 11 is 0. The van der Waals surface area contributed by atoms with Gasteiger partial charge in [-0.15, -0.1) is 0 Å². The van der Waals surface area contributed by atoms with E-state index < -0.39 is 0 Å². The summed E-state index contributed by atoms with van der Waals surface area (Å²) in [5, 5.41) is 0. The zero-order chi connectivity index (χ0) is 14.3. The molecule has 0 bridgehead atoms. The molecule has 0 aromatic heterocycles. The van der Waals surface area contributed by atoms with Crippen molar-refractivity contribution < 1.29 is 4.79 Å². The summed E-state index contributed by atoms with van der Waals surface area (Å²) in [6.07, 6.45) is 8.04. The molecule has 1 atom stereocenters. The van der Waals surface area contributed by atoms with E-state index in [1.165, 1.54) is 24.8 Å². The normalized spacial score (nSPS) is 15.7. The molecule has 0 aliphatic carbocycles. The molecular formula is C17H30O. The van der Waals surface area contributed by atoms with E-state index in [1.54, 1.807) is 0 Å². The number of hydrogen-bond acceptors (Lipinski definition) is 1. The maximum atomic E-state index is 12.1. The summed E-state index contributed by atoms with van der Waals surface area (Å²) < 4.78 is 0. The molecule has 1 heteroatoms. The third kappa shape index (κ3) is 6.78. The van der Waals surface area contributed by atoms with Crippen LogP contribution in [0.1, 0.15) is 67.7 Å². The van der Waals surface area contributed by atoms with Gasteiger partial charge in [-0.25, -0.2) is 0 Å². The van der Waals surface area contributed by atoms with Crippen LogP contribution in [0.4, 0.5) is 0 Å². The van der Waals surface area contributed by atoms with Crippen molar-refractivity contribution in [3.8, 4) is 0 Å². The Kier molecular flexibility index (Phi) is 7.20. The average Bonchev–Trinajstić information content (AvgIpc) is 2.23. The topological polar surface area (TPSA) is 17.1 Å². The third-order valence-corrected chi connectivity index (χ3v) is 3.04. The van der Waals surface area contributed by atoms with Crippen LogP contribution in [0.3, 0.4) is 0 Å². The molecule has 0 aliphatic rings. The first kappa shape index (κ1) is 17.2. The van der Waals surface area contributed by atoms with Gasteiger partial charge in [0.25, 0.3) is 0 Å². The molecular weight excluding hydrogens is 220 g/mol. The molecule has 0 radical (unpaired) electrons. The van der Waals surface area contributed by atoms with Crippen molar-refractivity contribution in [2.75, 3.05) is 0 Å². The lowest BCUT2D eigenvalue weighted by Crippen LogP contribution is -2.20. The first-order valence-corrected chi connectivity index (χ1v) is 7.10. The lowest BCUT2D eigenvalue weighted by atomic mass is 9.86. The third-order valence-electron chi connectivity index (χ3n) is 3.04. The minimum absolute atomic E-state index is 0.233. The summed E-state index contributed by atoms with van der Waals surface area (Å²) in [4.78, 5) is 12.1. The largest absolute Gasteiger partial charge is 0.294 e. The fourth-order valence-corrected chi connectivity index (χ4v) is 2.10. The number of Topliss-reactive ketones (excluding diaryl/α,β-unsaturated/α-hetero) is 1. The Balaban J connectivity index is 4.66. The molecule has 18 heavy (non-hydrogen) atoms. The number of hydrogen-bond donors (Lipinski definition) is 0. The highest BCUT2D eigenvalue weighted by atomic mass is 16.1. The lowest BCUT2D eigenvalue weighted by molar-refractivity contribution is -0.122. The molecule has 0 aliphatic heterocycles. The Morgan fingerprint density at radius 1 is 1.22 bits per heavy atom. The highest BCUT2D eigenvalue weighted by Crippen LogP contribution is 2.21. The average molecular weight is 250 g/mol. The van der Waals surface area contributed by atoms with Crippen LogP contribution in [0.15, 0.2) is 23.3 Å². The Morgan fingerprint density at radius 2 is 1.78 bits per heavy atom. The van der Waals surface area contributed by atoms with E-state index in [0.29, 0.717) is 5.92 Å². The molecule has 0 saturated carbocycles. The van der Waals surface area contributed by atoms with Gasteiger partial charge in [-0.2, -0.15) is 0 Å². The molecule has 0 fully saturated rings. The van der Waals surface area contributed by atoms with Crippen molar-refractivity contribution in [3.05, 3.63) is 23.3 Å². The van der Waals surface area contributed by atoms with Crippen LogP contribution in [0.5, 0.6) is 0 Å². The van der Waals surface area contributed by atoms with Gasteiger partial charge in [0.05, 0.1) is 0 Å². The van der Waals surface area contributed by atoms with Crippen molar-refractivity contribution in [2.45, 2.75) is 67.7 Å². The first-order valence-electron chi connectivity index (χ1n) is 7.10. The number of unbranched alkanes of at least 4 members (excludes halogenated alkanes) is 1. The van der Waals surface area contributed by atoms with Crippen molar-refractivity contribution in [1.82, 2.24) is 0 Å². The molecule has 1 nitrogen and oxygen atoms in total. The lowest BCUT2D eigenvalue weighted by Gasteiger charge is -2.17. The van der Waals surface area contributed by atoms with Crippen molar-refractivity contribution in [3.63, 3.8) is 0 Å². The minimum atomic E-state index is -0.283. The number of carbonyl (C=O) groups is 1. The molecule has 0 spiro atoms. The van der Waals surface area contributed by atoms with Gasteiger partial charge in [-0.1, -0.05) is 65.2 Å². The quantitative estimate of drug-likeness (QED) is 0.460. The van der Waals surface area contributed by atoms with E-state index in [-0.39, 0.29) is 11.2 Å². The molecule has 104 valence electrons. The van der Waals surface area contributed by atoms with Crippen molar-refractivity contribution in [2.24, 2.45) is 11.3 Å². The smallest absolute Gasteiger partial charge is 0.163 e. The number of ketones is 1. The van der Waals surface area contributed by atoms with Gasteiger partial charge in [0.15, 0.2) is 5.78 Å². The number of allylic oxidation sites excluding steroid dienone is 4. The predicted molar refractivity (Wildman–Crippen MR) is 80.7 cm³/mol. The van der Waals surface area contributed by atoms with Gasteiger partial charge in [-0.3, -0.25) is 4.79 Å². The maximum absolute atomic E-state index is 12.1. The van der Waals surface area contributed by atoms with Crippen LogP contribution in [-0.4, -0.2) is 5.78 Å². The molecule has 0 aromatic rings. The van der Waals surface area contributed by atoms with Gasteiger partial charge in [0.1, 0.15) is 0 Å². The van der Waals surface area contributed by atoms with Crippen molar-refractivity contribution >= 4 is 5.78 Å². The van der Waals surface area contributed by atoms with Crippen LogP contribution in [-0.2, 0) is 4.79 Å². The maximum Gasteiger partial charge on any atom is 0.163 e. The fourth-order valence-electron chi connectivity index (χ4n) is 2.10. The number of carbonyl (C=O) groups excluding carboxylic acids is 1. The summed E-state index contributed by atoms with van der Waals surface area (Å²) in [7, 11) is 0. The first-order chi connectivity index (χ1) is 8.18. The Bertz CT molecular complexity index is 326. The van der Waals surface area contributed by atoms with Crippen LogP contribution in [0.2, 0.25) is 0 Å². The summed E-state index contributed by atoms with van der Waals surface area (Å²) in [6, 6.07) is 0. The highest BCUT2D eigenvalue weighted by molar-refractivity contribution is 5.98. The summed E-state index contributed by atoms with van der Waals surface area (Å²) in [5.41, 5.74) is 1.78. The van der Waals surface area contributed by atoms with E-state index in [9.17, 15) is 4.79 Å². The summed E-state index contributed by atoms with van der Waals surface area (Å²) in [5.74, 6) is 0.829. The van der Waals surface area contributed by atoms with E-state index in [2.05, 4.69) is 26.8 Å². The predicted octanol–water partition coefficient (Wildman–Crippen LogP) is 5.32. The minimum Gasteiger partial charge on any atom is -0.294 e. The van der Waals surface area contributed by atoms with E-state index >= 15 is 0 Å². The van der Waals surface area contributed by atoms with Gasteiger partial charge < -0.3 is 0 Å². The van der Waals surface area contributed by atoms with Gasteiger partial charge in [0, 0.05) is 5.41 Å². The molecule has 0 saturated heterocycles. The van der Waals surface area contributed by atoms with Gasteiger partial charge in [0.2, 0.25) is 0 Å². The summed E-state index contributed by atoms with van der Waals surface area (Å²) in [6.45, 7) is 14.4. The van der Waals surface area contributed by atoms with E-state index in [0.717, 1.165) is 5.57 Å². The second kappa shape index (κ2) is 7.56. The van der Waals surface area contributed by atoms with Crippen LogP contribution in [0, 0.1) is 11.3 Å². The zero-order valence-corrected chi connectivity index (χ0v) is 13.3. The molecule has 1 unspecified atom stereocenters. The zero-order valence-electron chi connectivity index (χ0n) is 13.3.